The zero-order valence-corrected chi connectivity index (χ0v) is 11.5. The molecule has 0 fully saturated rings. The highest BCUT2D eigenvalue weighted by atomic mass is 79.9. The standard InChI is InChI=1S/C11H7BrClF2N3/c1-5-2-9(18-11(13)16-5)17-10-7(14)3-6(12)4-8(10)15/h2-4H,1H3,(H,16,17,18). The summed E-state index contributed by atoms with van der Waals surface area (Å²) in [6.07, 6.45) is 0. The lowest BCUT2D eigenvalue weighted by Gasteiger charge is -2.09. The van der Waals surface area contributed by atoms with Gasteiger partial charge in [0.1, 0.15) is 11.5 Å². The third-order valence-corrected chi connectivity index (χ3v) is 2.71. The average molecular weight is 335 g/mol. The van der Waals surface area contributed by atoms with Crippen LogP contribution in [-0.4, -0.2) is 9.97 Å². The van der Waals surface area contributed by atoms with E-state index >= 15 is 0 Å². The van der Waals surface area contributed by atoms with Crippen molar-refractivity contribution in [3.05, 3.63) is 45.3 Å². The largest absolute Gasteiger partial charge is 0.335 e. The third-order valence-electron chi connectivity index (χ3n) is 2.09. The molecule has 0 aliphatic heterocycles. The van der Waals surface area contributed by atoms with Gasteiger partial charge in [-0.15, -0.1) is 0 Å². The summed E-state index contributed by atoms with van der Waals surface area (Å²) < 4.78 is 27.5. The maximum Gasteiger partial charge on any atom is 0.224 e. The van der Waals surface area contributed by atoms with Gasteiger partial charge in [0.15, 0.2) is 11.6 Å². The predicted molar refractivity (Wildman–Crippen MR) is 69.1 cm³/mol. The van der Waals surface area contributed by atoms with Crippen LogP contribution >= 0.6 is 27.5 Å². The van der Waals surface area contributed by atoms with Gasteiger partial charge >= 0.3 is 0 Å². The molecule has 2 rings (SSSR count). The van der Waals surface area contributed by atoms with E-state index in [0.29, 0.717) is 10.2 Å². The van der Waals surface area contributed by atoms with Crippen molar-refractivity contribution in [3.63, 3.8) is 0 Å². The summed E-state index contributed by atoms with van der Waals surface area (Å²) in [4.78, 5) is 7.69. The molecule has 0 amide bonds. The van der Waals surface area contributed by atoms with Crippen LogP contribution in [0.5, 0.6) is 0 Å². The smallest absolute Gasteiger partial charge is 0.224 e. The Morgan fingerprint density at radius 2 is 1.78 bits per heavy atom. The molecule has 94 valence electrons. The first-order chi connectivity index (χ1) is 8.45. The monoisotopic (exact) mass is 333 g/mol. The Bertz CT molecular complexity index is 564. The fraction of sp³-hybridized carbons (Fsp3) is 0.0909. The van der Waals surface area contributed by atoms with Gasteiger partial charge in [0.25, 0.3) is 0 Å². The van der Waals surface area contributed by atoms with Gasteiger partial charge in [-0.2, -0.15) is 0 Å². The second kappa shape index (κ2) is 5.16. The Balaban J connectivity index is 2.40. The number of anilines is 2. The van der Waals surface area contributed by atoms with Crippen molar-refractivity contribution in [1.82, 2.24) is 9.97 Å². The lowest BCUT2D eigenvalue weighted by Crippen LogP contribution is -2.01. The van der Waals surface area contributed by atoms with Crippen LogP contribution in [0.15, 0.2) is 22.7 Å². The Morgan fingerprint density at radius 1 is 1.17 bits per heavy atom. The van der Waals surface area contributed by atoms with E-state index in [4.69, 9.17) is 11.6 Å². The van der Waals surface area contributed by atoms with Crippen molar-refractivity contribution in [1.29, 1.82) is 0 Å². The molecule has 0 aliphatic rings. The van der Waals surface area contributed by atoms with Crippen molar-refractivity contribution < 1.29 is 8.78 Å². The van der Waals surface area contributed by atoms with Crippen molar-refractivity contribution in [2.24, 2.45) is 0 Å². The molecule has 7 heteroatoms. The van der Waals surface area contributed by atoms with Crippen LogP contribution in [0.2, 0.25) is 5.28 Å². The average Bonchev–Trinajstić information content (AvgIpc) is 2.22. The molecule has 0 aliphatic carbocycles. The van der Waals surface area contributed by atoms with Gasteiger partial charge in [0.05, 0.1) is 0 Å². The molecule has 0 unspecified atom stereocenters. The number of aromatic nitrogens is 2. The lowest BCUT2D eigenvalue weighted by atomic mass is 10.3. The molecule has 0 atom stereocenters. The van der Waals surface area contributed by atoms with E-state index in [0.717, 1.165) is 12.1 Å². The summed E-state index contributed by atoms with van der Waals surface area (Å²) in [6, 6.07) is 3.84. The number of benzene rings is 1. The zero-order valence-electron chi connectivity index (χ0n) is 9.14. The van der Waals surface area contributed by atoms with Gasteiger partial charge in [0.2, 0.25) is 5.28 Å². The Kier molecular flexibility index (Phi) is 3.77. The molecule has 1 aromatic carbocycles. The van der Waals surface area contributed by atoms with Crippen LogP contribution in [0.4, 0.5) is 20.3 Å². The first-order valence-electron chi connectivity index (χ1n) is 4.88. The number of rotatable bonds is 2. The highest BCUT2D eigenvalue weighted by Gasteiger charge is 2.12. The van der Waals surface area contributed by atoms with Crippen LogP contribution in [0.1, 0.15) is 5.69 Å². The lowest BCUT2D eigenvalue weighted by molar-refractivity contribution is 0.589. The van der Waals surface area contributed by atoms with E-state index in [-0.39, 0.29) is 16.8 Å². The molecular weight excluding hydrogens is 327 g/mol. The molecule has 1 heterocycles. The fourth-order valence-electron chi connectivity index (χ4n) is 1.39. The molecule has 0 saturated heterocycles. The van der Waals surface area contributed by atoms with Crippen molar-refractivity contribution in [3.8, 4) is 0 Å². The molecule has 1 aromatic heterocycles. The molecule has 0 saturated carbocycles. The minimum atomic E-state index is -0.728. The molecule has 0 spiro atoms. The van der Waals surface area contributed by atoms with Gasteiger partial charge in [-0.3, -0.25) is 0 Å². The number of nitrogens with one attached hydrogen (secondary N) is 1. The second-order valence-corrected chi connectivity index (χ2v) is 4.79. The molecule has 2 aromatic rings. The summed E-state index contributed by atoms with van der Waals surface area (Å²) in [5.74, 6) is -1.23. The Labute approximate surface area is 115 Å². The summed E-state index contributed by atoms with van der Waals surface area (Å²) in [6.45, 7) is 1.70. The molecular formula is C11H7BrClF2N3. The van der Waals surface area contributed by atoms with Gasteiger partial charge in [-0.25, -0.2) is 18.7 Å². The molecule has 18 heavy (non-hydrogen) atoms. The van der Waals surface area contributed by atoms with Crippen LogP contribution in [-0.2, 0) is 0 Å². The summed E-state index contributed by atoms with van der Waals surface area (Å²) in [5, 5.41) is 2.55. The SMILES string of the molecule is Cc1cc(Nc2c(F)cc(Br)cc2F)nc(Cl)n1. The van der Waals surface area contributed by atoms with Crippen LogP contribution in [0.25, 0.3) is 0 Å². The van der Waals surface area contributed by atoms with Crippen molar-refractivity contribution >= 4 is 39.0 Å². The summed E-state index contributed by atoms with van der Waals surface area (Å²) in [7, 11) is 0. The number of aryl methyl sites for hydroxylation is 1. The van der Waals surface area contributed by atoms with E-state index in [1.54, 1.807) is 6.92 Å². The summed E-state index contributed by atoms with van der Waals surface area (Å²) in [5.41, 5.74) is 0.308. The van der Waals surface area contributed by atoms with Crippen molar-refractivity contribution in [2.75, 3.05) is 5.32 Å². The van der Waals surface area contributed by atoms with E-state index in [1.807, 2.05) is 0 Å². The van der Waals surface area contributed by atoms with E-state index in [1.165, 1.54) is 6.07 Å². The van der Waals surface area contributed by atoms with E-state index < -0.39 is 11.6 Å². The van der Waals surface area contributed by atoms with Gasteiger partial charge < -0.3 is 5.32 Å². The first kappa shape index (κ1) is 13.2. The summed E-state index contributed by atoms with van der Waals surface area (Å²) >= 11 is 8.67. The molecule has 1 N–H and O–H groups in total. The van der Waals surface area contributed by atoms with E-state index in [2.05, 4.69) is 31.2 Å². The highest BCUT2D eigenvalue weighted by molar-refractivity contribution is 9.10. The number of hydrogen-bond donors (Lipinski definition) is 1. The third kappa shape index (κ3) is 2.94. The maximum atomic E-state index is 13.6. The number of hydrogen-bond acceptors (Lipinski definition) is 3. The minimum absolute atomic E-state index is 0.00966. The normalized spacial score (nSPS) is 10.5. The molecule has 3 nitrogen and oxygen atoms in total. The fourth-order valence-corrected chi connectivity index (χ4v) is 2.01. The molecule has 0 radical (unpaired) electrons. The zero-order chi connectivity index (χ0) is 13.3. The number of nitrogens with zero attached hydrogens (tertiary/aromatic N) is 2. The quantitative estimate of drug-likeness (QED) is 0.836. The van der Waals surface area contributed by atoms with Crippen LogP contribution in [0, 0.1) is 18.6 Å². The van der Waals surface area contributed by atoms with Gasteiger partial charge in [0, 0.05) is 16.2 Å². The van der Waals surface area contributed by atoms with Gasteiger partial charge in [-0.1, -0.05) is 15.9 Å². The first-order valence-corrected chi connectivity index (χ1v) is 6.05. The minimum Gasteiger partial charge on any atom is -0.335 e. The topological polar surface area (TPSA) is 37.8 Å². The second-order valence-electron chi connectivity index (χ2n) is 3.53. The Hall–Kier alpha value is -1.27. The molecule has 0 bridgehead atoms. The van der Waals surface area contributed by atoms with Crippen molar-refractivity contribution in [2.45, 2.75) is 6.92 Å². The van der Waals surface area contributed by atoms with Gasteiger partial charge in [-0.05, 0) is 30.7 Å². The Morgan fingerprint density at radius 3 is 2.33 bits per heavy atom. The number of halogens is 4. The van der Waals surface area contributed by atoms with Crippen LogP contribution < -0.4 is 5.32 Å². The highest BCUT2D eigenvalue weighted by Crippen LogP contribution is 2.26. The maximum absolute atomic E-state index is 13.6. The van der Waals surface area contributed by atoms with Crippen LogP contribution in [0.3, 0.4) is 0 Å². The van der Waals surface area contributed by atoms with E-state index in [9.17, 15) is 8.78 Å². The predicted octanol–water partition coefficient (Wildman–Crippen LogP) is 4.22.